The molecule has 0 fully saturated rings. The molecule has 0 aliphatic rings. The first-order chi connectivity index (χ1) is 27.9. The molecule has 0 radical (unpaired) electrons. The van der Waals surface area contributed by atoms with Crippen LogP contribution in [0.3, 0.4) is 0 Å². The van der Waals surface area contributed by atoms with Crippen molar-refractivity contribution < 1.29 is 38.1 Å². The minimum atomic E-state index is -0.697. The summed E-state index contributed by atoms with van der Waals surface area (Å²) >= 11 is 0. The number of amides is 4. The third-order valence-corrected chi connectivity index (χ3v) is 8.68. The highest BCUT2D eigenvalue weighted by molar-refractivity contribution is 6.07. The number of anilines is 1. The molecule has 4 amide bonds. The first-order valence-electron chi connectivity index (χ1n) is 21.3. The third kappa shape index (κ3) is 18.5. The molecular weight excluding hydrogens is 765 g/mol. The molecule has 14 nitrogen and oxygen atoms in total. The van der Waals surface area contributed by atoms with Crippen LogP contribution in [0.1, 0.15) is 115 Å². The molecule has 3 rings (SSSR count). The number of para-hydroxylation sites is 2. The van der Waals surface area contributed by atoms with Gasteiger partial charge >= 0.3 is 24.4 Å². The van der Waals surface area contributed by atoms with E-state index in [0.717, 1.165) is 27.5 Å². The van der Waals surface area contributed by atoms with Crippen LogP contribution in [0.25, 0.3) is 21.8 Å². The lowest BCUT2D eigenvalue weighted by molar-refractivity contribution is 0.0181. The second-order valence-electron chi connectivity index (χ2n) is 19.0. The van der Waals surface area contributed by atoms with E-state index in [-0.39, 0.29) is 0 Å². The van der Waals surface area contributed by atoms with E-state index in [9.17, 15) is 19.2 Å². The fourth-order valence-corrected chi connectivity index (χ4v) is 6.21. The monoisotopic (exact) mass is 837 g/mol. The molecular formula is C46H72N6O8. The summed E-state index contributed by atoms with van der Waals surface area (Å²) in [5.41, 5.74) is 0.178. The van der Waals surface area contributed by atoms with E-state index < -0.39 is 46.8 Å². The Labute approximate surface area is 358 Å². The van der Waals surface area contributed by atoms with Gasteiger partial charge in [-0.1, -0.05) is 36.4 Å². The molecule has 1 aromatic heterocycles. The Kier molecular flexibility index (Phi) is 18.1. The van der Waals surface area contributed by atoms with E-state index in [1.54, 1.807) is 35.5 Å². The fraction of sp³-hybridized carbons (Fsp3) is 0.630. The maximum absolute atomic E-state index is 13.5. The minimum Gasteiger partial charge on any atom is -0.444 e. The topological polar surface area (TPSA) is 152 Å². The van der Waals surface area contributed by atoms with Crippen molar-refractivity contribution in [1.29, 1.82) is 0 Å². The summed E-state index contributed by atoms with van der Waals surface area (Å²) in [5, 5.41) is 8.43. The highest BCUT2D eigenvalue weighted by Gasteiger charge is 2.26. The van der Waals surface area contributed by atoms with Crippen molar-refractivity contribution in [3.63, 3.8) is 0 Å². The average Bonchev–Trinajstić information content (AvgIpc) is 3.10. The standard InChI is InChI=1S/C46H72N6O8/c1-43(2,3)57-39(53)48-27-20-31-50(40(54)58-44(4,5)6)28-17-18-29-51(41(55)59-45(7,8)9)32-21-33-52(42(56)60-46(10,11)12)30-19-26-47-38-34-22-13-15-24-36(34)49-37-25-16-14-23-35(37)38/h13-16,22-25H,17-21,26-33H2,1-12H3,(H,47,49)(H,48,53). The zero-order valence-electron chi connectivity index (χ0n) is 38.4. The number of carbonyl (C=O) groups is 4. The van der Waals surface area contributed by atoms with E-state index in [4.69, 9.17) is 23.9 Å². The predicted molar refractivity (Wildman–Crippen MR) is 238 cm³/mol. The maximum atomic E-state index is 13.5. The molecule has 2 N–H and O–H groups in total. The van der Waals surface area contributed by atoms with E-state index >= 15 is 0 Å². The van der Waals surface area contributed by atoms with Crippen molar-refractivity contribution in [3.05, 3.63) is 48.5 Å². The van der Waals surface area contributed by atoms with Gasteiger partial charge in [0.1, 0.15) is 22.4 Å². The summed E-state index contributed by atoms with van der Waals surface area (Å²) in [6, 6.07) is 16.1. The number of nitrogens with zero attached hydrogens (tertiary/aromatic N) is 4. The molecule has 0 saturated heterocycles. The molecule has 0 unspecified atom stereocenters. The molecule has 60 heavy (non-hydrogen) atoms. The van der Waals surface area contributed by atoms with Crippen LogP contribution in [0.15, 0.2) is 48.5 Å². The smallest absolute Gasteiger partial charge is 0.410 e. The van der Waals surface area contributed by atoms with Gasteiger partial charge in [-0.25, -0.2) is 24.2 Å². The minimum absolute atomic E-state index is 0.330. The third-order valence-electron chi connectivity index (χ3n) is 8.68. The van der Waals surface area contributed by atoms with Gasteiger partial charge in [0.2, 0.25) is 0 Å². The number of ether oxygens (including phenoxy) is 4. The second kappa shape index (κ2) is 22.0. The normalized spacial score (nSPS) is 12.1. The number of unbranched alkanes of at least 4 members (excludes halogenated alkanes) is 1. The zero-order chi connectivity index (χ0) is 44.7. The number of hydrogen-bond acceptors (Lipinski definition) is 10. The van der Waals surface area contributed by atoms with Gasteiger partial charge in [0, 0.05) is 63.1 Å². The Balaban J connectivity index is 1.63. The predicted octanol–water partition coefficient (Wildman–Crippen LogP) is 9.99. The van der Waals surface area contributed by atoms with Crippen molar-refractivity contribution in [3.8, 4) is 0 Å². The van der Waals surface area contributed by atoms with Gasteiger partial charge in [0.05, 0.1) is 16.7 Å². The lowest BCUT2D eigenvalue weighted by Crippen LogP contribution is -2.42. The van der Waals surface area contributed by atoms with Crippen molar-refractivity contribution in [2.24, 2.45) is 0 Å². The number of nitrogens with one attached hydrogen (secondary N) is 2. The molecule has 0 aliphatic carbocycles. The Morgan fingerprint density at radius 1 is 0.483 bits per heavy atom. The van der Waals surface area contributed by atoms with E-state index in [2.05, 4.69) is 22.8 Å². The van der Waals surface area contributed by atoms with Gasteiger partial charge in [-0.2, -0.15) is 0 Å². The Morgan fingerprint density at radius 3 is 1.23 bits per heavy atom. The van der Waals surface area contributed by atoms with E-state index in [1.165, 1.54) is 0 Å². The molecule has 3 aromatic rings. The Morgan fingerprint density at radius 2 is 0.833 bits per heavy atom. The van der Waals surface area contributed by atoms with Crippen molar-refractivity contribution in [2.45, 2.75) is 138 Å². The number of benzene rings is 2. The highest BCUT2D eigenvalue weighted by Crippen LogP contribution is 2.30. The highest BCUT2D eigenvalue weighted by atomic mass is 16.6. The second-order valence-corrected chi connectivity index (χ2v) is 19.0. The number of aromatic nitrogens is 1. The molecule has 334 valence electrons. The van der Waals surface area contributed by atoms with Gasteiger partial charge in [0.25, 0.3) is 0 Å². The largest absolute Gasteiger partial charge is 0.444 e. The van der Waals surface area contributed by atoms with Crippen LogP contribution in [0.5, 0.6) is 0 Å². The first-order valence-corrected chi connectivity index (χ1v) is 21.3. The van der Waals surface area contributed by atoms with E-state index in [1.807, 2.05) is 98.7 Å². The zero-order valence-corrected chi connectivity index (χ0v) is 38.4. The summed E-state index contributed by atoms with van der Waals surface area (Å²) in [5.74, 6) is 0. The molecule has 0 atom stereocenters. The van der Waals surface area contributed by atoms with Crippen LogP contribution in [-0.4, -0.2) is 119 Å². The Bertz CT molecular complexity index is 1800. The van der Waals surface area contributed by atoms with Gasteiger partial charge in [-0.15, -0.1) is 0 Å². The Hall–Kier alpha value is -5.01. The van der Waals surface area contributed by atoms with Crippen molar-refractivity contribution in [2.75, 3.05) is 57.7 Å². The van der Waals surface area contributed by atoms with Crippen LogP contribution < -0.4 is 10.6 Å². The fourth-order valence-electron chi connectivity index (χ4n) is 6.21. The van der Waals surface area contributed by atoms with Gasteiger partial charge in [-0.05, 0) is 127 Å². The SMILES string of the molecule is CC(C)(C)OC(=O)NCCCN(CCCCN(CCCN(CCCNc1c2ccccc2nc2ccccc12)C(=O)OC(C)(C)C)C(=O)OC(C)(C)C)C(=O)OC(C)(C)C. The molecule has 0 aliphatic heterocycles. The van der Waals surface area contributed by atoms with Crippen LogP contribution in [0.4, 0.5) is 24.9 Å². The van der Waals surface area contributed by atoms with Crippen LogP contribution in [0.2, 0.25) is 0 Å². The quantitative estimate of drug-likeness (QED) is 0.0720. The number of fused-ring (bicyclic) bond motifs is 2. The van der Waals surface area contributed by atoms with E-state index in [0.29, 0.717) is 84.5 Å². The molecule has 14 heteroatoms. The molecule has 0 spiro atoms. The number of hydrogen-bond donors (Lipinski definition) is 2. The van der Waals surface area contributed by atoms with Crippen LogP contribution in [0, 0.1) is 0 Å². The summed E-state index contributed by atoms with van der Waals surface area (Å²) in [4.78, 5) is 62.0. The average molecular weight is 837 g/mol. The number of rotatable bonds is 18. The molecule has 2 aromatic carbocycles. The summed E-state index contributed by atoms with van der Waals surface area (Å²) in [7, 11) is 0. The number of carbonyl (C=O) groups excluding carboxylic acids is 4. The number of pyridine rings is 1. The van der Waals surface area contributed by atoms with Crippen molar-refractivity contribution in [1.82, 2.24) is 25.0 Å². The summed E-state index contributed by atoms with van der Waals surface area (Å²) in [6.07, 6.45) is 1.05. The lowest BCUT2D eigenvalue weighted by Gasteiger charge is -2.30. The number of alkyl carbamates (subject to hydrolysis) is 1. The summed E-state index contributed by atoms with van der Waals surface area (Å²) in [6.45, 7) is 25.2. The van der Waals surface area contributed by atoms with Crippen LogP contribution >= 0.6 is 0 Å². The molecule has 0 bridgehead atoms. The summed E-state index contributed by atoms with van der Waals surface area (Å²) < 4.78 is 22.6. The van der Waals surface area contributed by atoms with Gasteiger partial charge < -0.3 is 44.3 Å². The molecule has 1 heterocycles. The maximum Gasteiger partial charge on any atom is 0.410 e. The first kappa shape index (κ1) is 49.4. The van der Waals surface area contributed by atoms with Gasteiger partial charge in [0.15, 0.2) is 0 Å². The van der Waals surface area contributed by atoms with Gasteiger partial charge in [-0.3, -0.25) is 0 Å². The van der Waals surface area contributed by atoms with Crippen LogP contribution in [-0.2, 0) is 18.9 Å². The van der Waals surface area contributed by atoms with Crippen molar-refractivity contribution >= 4 is 51.9 Å². The lowest BCUT2D eigenvalue weighted by atomic mass is 10.1. The molecule has 0 saturated carbocycles.